The summed E-state index contributed by atoms with van der Waals surface area (Å²) in [5, 5.41) is 0. The van der Waals surface area contributed by atoms with Crippen molar-refractivity contribution in [3.8, 4) is 0 Å². The summed E-state index contributed by atoms with van der Waals surface area (Å²) in [5.74, 6) is 4.70. The van der Waals surface area contributed by atoms with E-state index in [4.69, 9.17) is 0 Å². The Kier molecular flexibility index (Phi) is 1.19. The van der Waals surface area contributed by atoms with E-state index in [1.165, 1.54) is 11.8 Å². The molecule has 4 saturated carbocycles. The summed E-state index contributed by atoms with van der Waals surface area (Å²) in [6.07, 6.45) is 6.30. The molecule has 0 amide bonds. The van der Waals surface area contributed by atoms with E-state index in [0.717, 1.165) is 15.8 Å². The maximum atomic E-state index is 2.70. The molecule has 0 aromatic heterocycles. The van der Waals surface area contributed by atoms with E-state index in [1.807, 2.05) is 0 Å². The van der Waals surface area contributed by atoms with Crippen molar-refractivity contribution in [1.29, 1.82) is 0 Å². The molecule has 0 spiro atoms. The first-order valence-corrected chi connectivity index (χ1v) is 5.76. The minimum absolute atomic E-state index is 1.09. The molecule has 56 valence electrons. The predicted molar refractivity (Wildman–Crippen MR) is 50.2 cm³/mol. The fourth-order valence-electron chi connectivity index (χ4n) is 3.60. The maximum absolute atomic E-state index is 2.70. The topological polar surface area (TPSA) is 0 Å². The van der Waals surface area contributed by atoms with E-state index in [-0.39, 0.29) is 0 Å². The van der Waals surface area contributed by atoms with Crippen LogP contribution in [0.15, 0.2) is 0 Å². The minimum Gasteiger partial charge on any atom is -0.0820 e. The molecular formula is C9H13I. The Balaban J connectivity index is 1.92. The molecule has 4 unspecified atom stereocenters. The van der Waals surface area contributed by atoms with Crippen LogP contribution >= 0.6 is 22.6 Å². The van der Waals surface area contributed by atoms with Crippen molar-refractivity contribution >= 4 is 22.6 Å². The van der Waals surface area contributed by atoms with Crippen LogP contribution in [0.2, 0.25) is 0 Å². The van der Waals surface area contributed by atoms with Gasteiger partial charge in [0.05, 0.1) is 0 Å². The van der Waals surface area contributed by atoms with Crippen LogP contribution in [0.3, 0.4) is 0 Å². The molecule has 1 heteroatoms. The van der Waals surface area contributed by atoms with Crippen LogP contribution < -0.4 is 0 Å². The lowest BCUT2D eigenvalue weighted by Crippen LogP contribution is -2.30. The van der Waals surface area contributed by atoms with Crippen LogP contribution in [0.5, 0.6) is 0 Å². The van der Waals surface area contributed by atoms with E-state index in [0.29, 0.717) is 0 Å². The predicted octanol–water partition coefficient (Wildman–Crippen LogP) is 2.86. The molecule has 0 aromatic rings. The summed E-state index contributed by atoms with van der Waals surface area (Å²) < 4.78 is 1.09. The third-order valence-electron chi connectivity index (χ3n) is 4.09. The molecule has 0 nitrogen and oxygen atoms in total. The molecule has 4 fully saturated rings. The SMILES string of the molecule is IC1C2CC1C1CCCC21. The summed E-state index contributed by atoms with van der Waals surface area (Å²) >= 11 is 2.70. The van der Waals surface area contributed by atoms with Crippen molar-refractivity contribution in [3.63, 3.8) is 0 Å². The van der Waals surface area contributed by atoms with Gasteiger partial charge in [0, 0.05) is 3.92 Å². The molecule has 0 aliphatic heterocycles. The second-order valence-electron chi connectivity index (χ2n) is 4.27. The quantitative estimate of drug-likeness (QED) is 0.456. The van der Waals surface area contributed by atoms with Crippen LogP contribution in [0.4, 0.5) is 0 Å². The lowest BCUT2D eigenvalue weighted by Gasteiger charge is -2.33. The third-order valence-corrected chi connectivity index (χ3v) is 5.93. The summed E-state index contributed by atoms with van der Waals surface area (Å²) in [4.78, 5) is 0. The van der Waals surface area contributed by atoms with Gasteiger partial charge in [-0.3, -0.25) is 0 Å². The Bertz CT molecular complexity index is 150. The van der Waals surface area contributed by atoms with Gasteiger partial charge in [-0.25, -0.2) is 0 Å². The van der Waals surface area contributed by atoms with Gasteiger partial charge in [-0.2, -0.15) is 0 Å². The average Bonchev–Trinajstić information content (AvgIpc) is 2.44. The Morgan fingerprint density at radius 2 is 1.50 bits per heavy atom. The number of alkyl halides is 1. The first-order chi connectivity index (χ1) is 4.88. The fourth-order valence-corrected chi connectivity index (χ4v) is 5.25. The number of hydrogen-bond acceptors (Lipinski definition) is 0. The molecule has 0 N–H and O–H groups in total. The summed E-state index contributed by atoms with van der Waals surface area (Å²) in [6, 6.07) is 0. The standard InChI is InChI=1S/C9H13I/c10-9-7-4-8(9)6-3-1-2-5(6)7/h5-9H,1-4H2. The van der Waals surface area contributed by atoms with Crippen LogP contribution in [-0.2, 0) is 0 Å². The largest absolute Gasteiger partial charge is 0.0820 e. The molecular weight excluding hydrogens is 235 g/mol. The molecule has 0 saturated heterocycles. The van der Waals surface area contributed by atoms with Crippen LogP contribution in [0.25, 0.3) is 0 Å². The van der Waals surface area contributed by atoms with Crippen LogP contribution in [0.1, 0.15) is 25.7 Å². The molecule has 0 aromatic carbocycles. The van der Waals surface area contributed by atoms with Crippen molar-refractivity contribution in [2.24, 2.45) is 23.7 Å². The molecule has 2 bridgehead atoms. The Morgan fingerprint density at radius 1 is 0.900 bits per heavy atom. The van der Waals surface area contributed by atoms with E-state index in [1.54, 1.807) is 25.7 Å². The number of halogens is 1. The van der Waals surface area contributed by atoms with Gasteiger partial charge in [0.2, 0.25) is 0 Å². The van der Waals surface area contributed by atoms with Crippen molar-refractivity contribution in [2.75, 3.05) is 0 Å². The van der Waals surface area contributed by atoms with Crippen LogP contribution in [0, 0.1) is 23.7 Å². The second kappa shape index (κ2) is 1.90. The fraction of sp³-hybridized carbons (Fsp3) is 1.00. The van der Waals surface area contributed by atoms with Crippen molar-refractivity contribution < 1.29 is 0 Å². The van der Waals surface area contributed by atoms with Crippen molar-refractivity contribution in [3.05, 3.63) is 0 Å². The van der Waals surface area contributed by atoms with Gasteiger partial charge in [-0.05, 0) is 42.9 Å². The Morgan fingerprint density at radius 3 is 2.00 bits per heavy atom. The van der Waals surface area contributed by atoms with Gasteiger partial charge in [0.1, 0.15) is 0 Å². The zero-order valence-corrected chi connectivity index (χ0v) is 8.25. The van der Waals surface area contributed by atoms with E-state index in [9.17, 15) is 0 Å². The summed E-state index contributed by atoms with van der Waals surface area (Å²) in [6.45, 7) is 0. The van der Waals surface area contributed by atoms with Crippen molar-refractivity contribution in [1.82, 2.24) is 0 Å². The molecule has 0 heterocycles. The maximum Gasteiger partial charge on any atom is 0.0172 e. The molecule has 4 atom stereocenters. The highest BCUT2D eigenvalue weighted by Crippen LogP contribution is 2.64. The average molecular weight is 248 g/mol. The molecule has 4 aliphatic rings. The molecule has 4 rings (SSSR count). The number of hydrogen-bond donors (Lipinski definition) is 0. The van der Waals surface area contributed by atoms with Crippen LogP contribution in [-0.4, -0.2) is 3.92 Å². The normalized spacial score (nSPS) is 63.9. The highest BCUT2D eigenvalue weighted by molar-refractivity contribution is 14.1. The van der Waals surface area contributed by atoms with Gasteiger partial charge in [0.15, 0.2) is 0 Å². The van der Waals surface area contributed by atoms with E-state index >= 15 is 0 Å². The molecule has 4 aliphatic carbocycles. The lowest BCUT2D eigenvalue weighted by atomic mass is 9.80. The Hall–Kier alpha value is 0.730. The summed E-state index contributed by atoms with van der Waals surface area (Å²) in [7, 11) is 0. The van der Waals surface area contributed by atoms with E-state index in [2.05, 4.69) is 22.6 Å². The molecule has 0 radical (unpaired) electrons. The van der Waals surface area contributed by atoms with Gasteiger partial charge >= 0.3 is 0 Å². The van der Waals surface area contributed by atoms with Gasteiger partial charge < -0.3 is 0 Å². The summed E-state index contributed by atoms with van der Waals surface area (Å²) in [5.41, 5.74) is 0. The van der Waals surface area contributed by atoms with Crippen molar-refractivity contribution in [2.45, 2.75) is 29.6 Å². The third kappa shape index (κ3) is 0.552. The highest BCUT2D eigenvalue weighted by Gasteiger charge is 2.58. The zero-order chi connectivity index (χ0) is 6.72. The van der Waals surface area contributed by atoms with Gasteiger partial charge in [0.25, 0.3) is 0 Å². The number of rotatable bonds is 0. The lowest BCUT2D eigenvalue weighted by molar-refractivity contribution is 0.279. The minimum atomic E-state index is 1.09. The first-order valence-electron chi connectivity index (χ1n) is 4.52. The smallest absolute Gasteiger partial charge is 0.0172 e. The van der Waals surface area contributed by atoms with E-state index < -0.39 is 0 Å². The van der Waals surface area contributed by atoms with Gasteiger partial charge in [-0.1, -0.05) is 29.0 Å². The monoisotopic (exact) mass is 248 g/mol. The highest BCUT2D eigenvalue weighted by atomic mass is 127. The zero-order valence-electron chi connectivity index (χ0n) is 6.09. The second-order valence-corrected chi connectivity index (χ2v) is 5.70. The molecule has 10 heavy (non-hydrogen) atoms. The van der Waals surface area contributed by atoms with Gasteiger partial charge in [-0.15, -0.1) is 0 Å². The first kappa shape index (κ1) is 6.27. The Labute approximate surface area is 75.9 Å².